The molecule has 2 N–H and O–H groups in total. The molecule has 0 aliphatic rings. The molecule has 22 heavy (non-hydrogen) atoms. The number of nitrogens with one attached hydrogen (secondary N) is 1. The highest BCUT2D eigenvalue weighted by atomic mass is 35.5. The summed E-state index contributed by atoms with van der Waals surface area (Å²) in [6.07, 6.45) is 0.136. The average Bonchev–Trinajstić information content (AvgIpc) is 2.48. The van der Waals surface area contributed by atoms with E-state index in [-0.39, 0.29) is 24.7 Å². The number of hydrogen-bond acceptors (Lipinski definition) is 2. The van der Waals surface area contributed by atoms with Crippen LogP contribution in [0.5, 0.6) is 0 Å². The van der Waals surface area contributed by atoms with Crippen molar-refractivity contribution in [3.05, 3.63) is 70.5 Å². The Morgan fingerprint density at radius 2 is 1.77 bits per heavy atom. The standard InChI is InChI=1S/C17H17ClFNO2/c1-17(22,13-4-6-14(18)7-5-13)11-20-16(21)10-12-2-8-15(19)9-3-12/h2-9,22H,10-11H2,1H3,(H,20,21). The first kappa shape index (κ1) is 16.5. The fourth-order valence-electron chi connectivity index (χ4n) is 2.03. The monoisotopic (exact) mass is 321 g/mol. The topological polar surface area (TPSA) is 49.3 Å². The minimum absolute atomic E-state index is 0.0780. The minimum atomic E-state index is -1.19. The van der Waals surface area contributed by atoms with Crippen LogP contribution < -0.4 is 5.32 Å². The van der Waals surface area contributed by atoms with Gasteiger partial charge in [0.1, 0.15) is 11.4 Å². The van der Waals surface area contributed by atoms with Gasteiger partial charge in [0.15, 0.2) is 0 Å². The van der Waals surface area contributed by atoms with Crippen LogP contribution in [0.15, 0.2) is 48.5 Å². The van der Waals surface area contributed by atoms with E-state index in [1.807, 2.05) is 0 Å². The molecular weight excluding hydrogens is 305 g/mol. The minimum Gasteiger partial charge on any atom is -0.384 e. The van der Waals surface area contributed by atoms with Gasteiger partial charge in [-0.25, -0.2) is 4.39 Å². The van der Waals surface area contributed by atoms with Crippen LogP contribution in [0.25, 0.3) is 0 Å². The molecule has 2 aromatic carbocycles. The number of rotatable bonds is 5. The normalized spacial score (nSPS) is 13.5. The maximum absolute atomic E-state index is 12.8. The van der Waals surface area contributed by atoms with E-state index in [9.17, 15) is 14.3 Å². The van der Waals surface area contributed by atoms with Crippen molar-refractivity contribution in [2.45, 2.75) is 18.9 Å². The fourth-order valence-corrected chi connectivity index (χ4v) is 2.16. The molecule has 0 saturated heterocycles. The molecule has 2 aromatic rings. The van der Waals surface area contributed by atoms with E-state index < -0.39 is 5.60 Å². The van der Waals surface area contributed by atoms with Crippen molar-refractivity contribution in [1.29, 1.82) is 0 Å². The molecule has 3 nitrogen and oxygen atoms in total. The summed E-state index contributed by atoms with van der Waals surface area (Å²) in [6.45, 7) is 1.70. The Bertz CT molecular complexity index is 639. The second-order valence-electron chi connectivity index (χ2n) is 5.36. The molecule has 0 aliphatic heterocycles. The molecule has 0 saturated carbocycles. The summed E-state index contributed by atoms with van der Waals surface area (Å²) in [6, 6.07) is 12.6. The highest BCUT2D eigenvalue weighted by Gasteiger charge is 2.23. The largest absolute Gasteiger partial charge is 0.384 e. The number of amides is 1. The Hall–Kier alpha value is -1.91. The smallest absolute Gasteiger partial charge is 0.224 e. The number of carbonyl (C=O) groups is 1. The molecule has 2 rings (SSSR count). The van der Waals surface area contributed by atoms with Crippen molar-refractivity contribution in [2.24, 2.45) is 0 Å². The van der Waals surface area contributed by atoms with Crippen LogP contribution in [0.4, 0.5) is 4.39 Å². The van der Waals surface area contributed by atoms with Crippen molar-refractivity contribution >= 4 is 17.5 Å². The number of halogens is 2. The van der Waals surface area contributed by atoms with Gasteiger partial charge in [0, 0.05) is 5.02 Å². The van der Waals surface area contributed by atoms with Crippen molar-refractivity contribution in [3.8, 4) is 0 Å². The molecule has 1 atom stereocenters. The second-order valence-corrected chi connectivity index (χ2v) is 5.80. The molecule has 116 valence electrons. The lowest BCUT2D eigenvalue weighted by Crippen LogP contribution is -2.39. The summed E-state index contributed by atoms with van der Waals surface area (Å²) >= 11 is 5.81. The van der Waals surface area contributed by atoms with Gasteiger partial charge < -0.3 is 10.4 Å². The highest BCUT2D eigenvalue weighted by Crippen LogP contribution is 2.21. The molecule has 0 aliphatic carbocycles. The molecule has 5 heteroatoms. The van der Waals surface area contributed by atoms with E-state index in [0.29, 0.717) is 16.1 Å². The maximum atomic E-state index is 12.8. The van der Waals surface area contributed by atoms with Gasteiger partial charge in [-0.3, -0.25) is 4.79 Å². The van der Waals surface area contributed by atoms with Gasteiger partial charge in [-0.1, -0.05) is 35.9 Å². The number of benzene rings is 2. The lowest BCUT2D eigenvalue weighted by molar-refractivity contribution is -0.121. The molecule has 0 aromatic heterocycles. The molecule has 0 spiro atoms. The Labute approximate surface area is 133 Å². The van der Waals surface area contributed by atoms with Gasteiger partial charge in [-0.05, 0) is 42.3 Å². The van der Waals surface area contributed by atoms with Gasteiger partial charge in [-0.15, -0.1) is 0 Å². The first-order chi connectivity index (χ1) is 10.4. The molecule has 1 amide bonds. The quantitative estimate of drug-likeness (QED) is 0.889. The average molecular weight is 322 g/mol. The van der Waals surface area contributed by atoms with Crippen LogP contribution in [0.2, 0.25) is 5.02 Å². The summed E-state index contributed by atoms with van der Waals surface area (Å²) in [5.74, 6) is -0.573. The van der Waals surface area contributed by atoms with Crippen molar-refractivity contribution < 1.29 is 14.3 Å². The van der Waals surface area contributed by atoms with Gasteiger partial charge in [0.05, 0.1) is 13.0 Å². The molecule has 0 radical (unpaired) electrons. The van der Waals surface area contributed by atoms with Gasteiger partial charge >= 0.3 is 0 Å². The second kappa shape index (κ2) is 6.90. The fraction of sp³-hybridized carbons (Fsp3) is 0.235. The molecule has 0 heterocycles. The number of aliphatic hydroxyl groups is 1. The van der Waals surface area contributed by atoms with Crippen LogP contribution in [0.3, 0.4) is 0 Å². The Morgan fingerprint density at radius 3 is 2.36 bits per heavy atom. The van der Waals surface area contributed by atoms with Crippen molar-refractivity contribution in [3.63, 3.8) is 0 Å². The van der Waals surface area contributed by atoms with E-state index in [0.717, 1.165) is 0 Å². The summed E-state index contributed by atoms with van der Waals surface area (Å²) in [5, 5.41) is 13.7. The third kappa shape index (κ3) is 4.55. The van der Waals surface area contributed by atoms with Gasteiger partial charge in [0.2, 0.25) is 5.91 Å². The highest BCUT2D eigenvalue weighted by molar-refractivity contribution is 6.30. The van der Waals surface area contributed by atoms with Gasteiger partial charge in [-0.2, -0.15) is 0 Å². The predicted molar refractivity (Wildman–Crippen MR) is 84.1 cm³/mol. The van der Waals surface area contributed by atoms with Crippen LogP contribution in [0.1, 0.15) is 18.1 Å². The number of carbonyl (C=O) groups excluding carboxylic acids is 1. The SMILES string of the molecule is CC(O)(CNC(=O)Cc1ccc(F)cc1)c1ccc(Cl)cc1. The molecule has 0 bridgehead atoms. The predicted octanol–water partition coefficient (Wildman–Crippen LogP) is 3.05. The summed E-state index contributed by atoms with van der Waals surface area (Å²) in [7, 11) is 0. The van der Waals surface area contributed by atoms with Gasteiger partial charge in [0.25, 0.3) is 0 Å². The summed E-state index contributed by atoms with van der Waals surface area (Å²) in [5.41, 5.74) is 0.187. The lowest BCUT2D eigenvalue weighted by atomic mass is 9.96. The van der Waals surface area contributed by atoms with E-state index in [1.165, 1.54) is 12.1 Å². The molecule has 1 unspecified atom stereocenters. The van der Waals surface area contributed by atoms with E-state index >= 15 is 0 Å². The summed E-state index contributed by atoms with van der Waals surface area (Å²) in [4.78, 5) is 11.9. The van der Waals surface area contributed by atoms with E-state index in [4.69, 9.17) is 11.6 Å². The molecular formula is C17H17ClFNO2. The Kier molecular flexibility index (Phi) is 5.16. The number of hydrogen-bond donors (Lipinski definition) is 2. The molecule has 0 fully saturated rings. The Balaban J connectivity index is 1.92. The van der Waals surface area contributed by atoms with Crippen LogP contribution in [-0.4, -0.2) is 17.6 Å². The zero-order valence-corrected chi connectivity index (χ0v) is 12.9. The zero-order valence-electron chi connectivity index (χ0n) is 12.1. The van der Waals surface area contributed by atoms with Crippen LogP contribution in [-0.2, 0) is 16.8 Å². The zero-order chi connectivity index (χ0) is 16.2. The Morgan fingerprint density at radius 1 is 1.18 bits per heavy atom. The third-order valence-corrected chi connectivity index (χ3v) is 3.63. The van der Waals surface area contributed by atoms with E-state index in [2.05, 4.69) is 5.32 Å². The van der Waals surface area contributed by atoms with E-state index in [1.54, 1.807) is 43.3 Å². The van der Waals surface area contributed by atoms with Crippen LogP contribution >= 0.6 is 11.6 Å². The summed E-state index contributed by atoms with van der Waals surface area (Å²) < 4.78 is 12.8. The first-order valence-electron chi connectivity index (χ1n) is 6.86. The lowest BCUT2D eigenvalue weighted by Gasteiger charge is -2.24. The van der Waals surface area contributed by atoms with Crippen LogP contribution in [0, 0.1) is 5.82 Å². The van der Waals surface area contributed by atoms with Crippen molar-refractivity contribution in [2.75, 3.05) is 6.54 Å². The maximum Gasteiger partial charge on any atom is 0.224 e. The first-order valence-corrected chi connectivity index (χ1v) is 7.24. The van der Waals surface area contributed by atoms with Crippen molar-refractivity contribution in [1.82, 2.24) is 5.32 Å². The third-order valence-electron chi connectivity index (χ3n) is 3.37.